The zero-order valence-corrected chi connectivity index (χ0v) is 14.9. The fourth-order valence-corrected chi connectivity index (χ4v) is 3.45. The number of likely N-dealkylation sites (tertiary alicyclic amines) is 1. The molecule has 0 unspecified atom stereocenters. The average Bonchev–Trinajstić information content (AvgIpc) is 2.61. The third-order valence-electron chi connectivity index (χ3n) is 4.93. The van der Waals surface area contributed by atoms with E-state index in [0.29, 0.717) is 11.6 Å². The molecule has 1 fully saturated rings. The number of rotatable bonds is 6. The lowest BCUT2D eigenvalue weighted by molar-refractivity contribution is -0.146. The third kappa shape index (κ3) is 4.56. The number of ether oxygens (including phenoxy) is 1. The van der Waals surface area contributed by atoms with Crippen LogP contribution in [0.4, 0.5) is 0 Å². The quantitative estimate of drug-likeness (QED) is 0.751. The maximum absolute atomic E-state index is 12.3. The van der Waals surface area contributed by atoms with Crippen LogP contribution < -0.4 is 0 Å². The number of hydrogen-bond donors (Lipinski definition) is 0. The highest BCUT2D eigenvalue weighted by atomic mass is 16.5. The van der Waals surface area contributed by atoms with Gasteiger partial charge in [0.1, 0.15) is 6.04 Å². The summed E-state index contributed by atoms with van der Waals surface area (Å²) in [6.07, 6.45) is 4.80. The summed E-state index contributed by atoms with van der Waals surface area (Å²) < 4.78 is 5.00. The molecule has 0 aromatic heterocycles. The molecule has 130 valence electrons. The molecule has 5 nitrogen and oxygen atoms in total. The van der Waals surface area contributed by atoms with Crippen molar-refractivity contribution in [2.75, 3.05) is 34.3 Å². The van der Waals surface area contributed by atoms with Gasteiger partial charge >= 0.3 is 5.97 Å². The van der Waals surface area contributed by atoms with E-state index < -0.39 is 6.04 Å². The molecule has 1 aromatic rings. The monoisotopic (exact) mass is 329 g/mol. The predicted octanol–water partition coefficient (Wildman–Crippen LogP) is 2.58. The van der Waals surface area contributed by atoms with Crippen molar-refractivity contribution in [2.24, 2.45) is 0 Å². The Bertz CT molecular complexity index is 597. The number of esters is 1. The predicted molar refractivity (Wildman–Crippen MR) is 93.4 cm³/mol. The van der Waals surface area contributed by atoms with Crippen LogP contribution in [0.1, 0.15) is 42.9 Å². The van der Waals surface area contributed by atoms with Crippen molar-refractivity contribution >= 4 is 5.97 Å². The van der Waals surface area contributed by atoms with Crippen molar-refractivity contribution in [3.63, 3.8) is 0 Å². The first-order valence-corrected chi connectivity index (χ1v) is 8.55. The first-order valence-electron chi connectivity index (χ1n) is 8.55. The molecule has 1 heterocycles. The Kier molecular flexibility index (Phi) is 6.77. The lowest BCUT2D eigenvalue weighted by Gasteiger charge is -2.34. The van der Waals surface area contributed by atoms with Crippen LogP contribution >= 0.6 is 0 Å². The van der Waals surface area contributed by atoms with Crippen LogP contribution in [-0.2, 0) is 9.53 Å². The van der Waals surface area contributed by atoms with Gasteiger partial charge in [0.2, 0.25) is 0 Å². The number of benzene rings is 1. The number of nitrogens with zero attached hydrogens (tertiary/aromatic N) is 3. The van der Waals surface area contributed by atoms with Crippen molar-refractivity contribution in [1.29, 1.82) is 5.26 Å². The molecule has 0 spiro atoms. The van der Waals surface area contributed by atoms with Gasteiger partial charge in [0, 0.05) is 12.6 Å². The molecule has 2 rings (SSSR count). The number of carbonyl (C=O) groups is 1. The minimum atomic E-state index is -0.475. The van der Waals surface area contributed by atoms with Crippen LogP contribution in [0.5, 0.6) is 0 Å². The van der Waals surface area contributed by atoms with Crippen LogP contribution in [0.15, 0.2) is 24.3 Å². The summed E-state index contributed by atoms with van der Waals surface area (Å²) in [7, 11) is 5.54. The van der Waals surface area contributed by atoms with Crippen molar-refractivity contribution in [1.82, 2.24) is 9.80 Å². The Morgan fingerprint density at radius 3 is 2.96 bits per heavy atom. The number of hydrogen-bond acceptors (Lipinski definition) is 5. The standard InChI is InChI=1S/C19H27N3O2/c1-21-11-5-4-9-17(21)10-12-22(2)18(19(23)24-3)16-8-6-7-15(13-16)14-20/h6-8,13,17-18H,4-5,9-12H2,1-3H3/t17-,18+/m0/s1. The number of likely N-dealkylation sites (N-methyl/N-ethyl adjacent to an activating group) is 1. The second kappa shape index (κ2) is 8.81. The minimum Gasteiger partial charge on any atom is -0.468 e. The van der Waals surface area contributed by atoms with Gasteiger partial charge in [-0.25, -0.2) is 4.79 Å². The van der Waals surface area contributed by atoms with Crippen LogP contribution in [0.3, 0.4) is 0 Å². The van der Waals surface area contributed by atoms with E-state index in [-0.39, 0.29) is 5.97 Å². The fraction of sp³-hybridized carbons (Fsp3) is 0.579. The molecule has 0 radical (unpaired) electrons. The van der Waals surface area contributed by atoms with E-state index in [2.05, 4.69) is 18.0 Å². The third-order valence-corrected chi connectivity index (χ3v) is 4.93. The first-order chi connectivity index (χ1) is 11.6. The highest BCUT2D eigenvalue weighted by molar-refractivity contribution is 5.77. The average molecular weight is 329 g/mol. The van der Waals surface area contributed by atoms with E-state index in [9.17, 15) is 4.79 Å². The molecule has 0 amide bonds. The molecule has 1 aliphatic heterocycles. The smallest absolute Gasteiger partial charge is 0.327 e. The molecule has 1 aliphatic rings. The zero-order valence-electron chi connectivity index (χ0n) is 14.9. The Labute approximate surface area is 144 Å². The van der Waals surface area contributed by atoms with Crippen LogP contribution in [0.25, 0.3) is 0 Å². The van der Waals surface area contributed by atoms with Gasteiger partial charge in [-0.05, 0) is 57.6 Å². The number of carbonyl (C=O) groups excluding carboxylic acids is 1. The summed E-state index contributed by atoms with van der Waals surface area (Å²) in [6.45, 7) is 1.96. The summed E-state index contributed by atoms with van der Waals surface area (Å²) in [5.41, 5.74) is 1.36. The van der Waals surface area contributed by atoms with Crippen LogP contribution in [0.2, 0.25) is 0 Å². The summed E-state index contributed by atoms with van der Waals surface area (Å²) in [5, 5.41) is 9.10. The molecule has 1 aromatic carbocycles. The number of methoxy groups -OCH3 is 1. The maximum Gasteiger partial charge on any atom is 0.327 e. The molecule has 0 bridgehead atoms. The van der Waals surface area contributed by atoms with E-state index in [0.717, 1.165) is 25.1 Å². The molecular formula is C19H27N3O2. The van der Waals surface area contributed by atoms with Gasteiger partial charge in [-0.15, -0.1) is 0 Å². The topological polar surface area (TPSA) is 56.6 Å². The summed E-state index contributed by atoms with van der Waals surface area (Å²) in [5.74, 6) is -0.287. The Morgan fingerprint density at radius 2 is 2.29 bits per heavy atom. The van der Waals surface area contributed by atoms with E-state index in [1.165, 1.54) is 26.4 Å². The molecule has 1 saturated heterocycles. The van der Waals surface area contributed by atoms with E-state index in [4.69, 9.17) is 10.00 Å². The second-order valence-corrected chi connectivity index (χ2v) is 6.56. The van der Waals surface area contributed by atoms with Crippen LogP contribution in [-0.4, -0.2) is 56.1 Å². The van der Waals surface area contributed by atoms with E-state index in [1.54, 1.807) is 12.1 Å². The van der Waals surface area contributed by atoms with Crippen LogP contribution in [0, 0.1) is 11.3 Å². The lowest BCUT2D eigenvalue weighted by atomic mass is 9.98. The van der Waals surface area contributed by atoms with E-state index in [1.807, 2.05) is 24.1 Å². The summed E-state index contributed by atoms with van der Waals surface area (Å²) in [4.78, 5) is 16.8. The molecule has 0 aliphatic carbocycles. The highest BCUT2D eigenvalue weighted by Gasteiger charge is 2.27. The van der Waals surface area contributed by atoms with E-state index >= 15 is 0 Å². The van der Waals surface area contributed by atoms with Gasteiger partial charge in [0.15, 0.2) is 0 Å². The molecular weight excluding hydrogens is 302 g/mol. The van der Waals surface area contributed by atoms with Gasteiger partial charge in [0.25, 0.3) is 0 Å². The van der Waals surface area contributed by atoms with Crippen molar-refractivity contribution < 1.29 is 9.53 Å². The maximum atomic E-state index is 12.3. The molecule has 24 heavy (non-hydrogen) atoms. The molecule has 5 heteroatoms. The Morgan fingerprint density at radius 1 is 1.50 bits per heavy atom. The highest BCUT2D eigenvalue weighted by Crippen LogP contribution is 2.24. The molecule has 0 N–H and O–H groups in total. The van der Waals surface area contributed by atoms with Gasteiger partial charge < -0.3 is 9.64 Å². The van der Waals surface area contributed by atoms with Crippen molar-refractivity contribution in [2.45, 2.75) is 37.8 Å². The Balaban J connectivity index is 2.09. The molecule has 0 saturated carbocycles. The summed E-state index contributed by atoms with van der Waals surface area (Å²) >= 11 is 0. The number of piperidine rings is 1. The summed E-state index contributed by atoms with van der Waals surface area (Å²) in [6, 6.07) is 9.44. The fourth-order valence-electron chi connectivity index (χ4n) is 3.45. The largest absolute Gasteiger partial charge is 0.468 e. The SMILES string of the molecule is COC(=O)[C@@H](c1cccc(C#N)c1)N(C)CC[C@@H]1CCCCN1C. The minimum absolute atomic E-state index is 0.287. The molecule has 2 atom stereocenters. The normalized spacial score (nSPS) is 19.7. The van der Waals surface area contributed by atoms with Gasteiger partial charge in [-0.3, -0.25) is 4.90 Å². The zero-order chi connectivity index (χ0) is 17.5. The van der Waals surface area contributed by atoms with Gasteiger partial charge in [-0.1, -0.05) is 18.6 Å². The van der Waals surface area contributed by atoms with Gasteiger partial charge in [-0.2, -0.15) is 5.26 Å². The van der Waals surface area contributed by atoms with Gasteiger partial charge in [0.05, 0.1) is 18.7 Å². The Hall–Kier alpha value is -1.90. The number of nitriles is 1. The first kappa shape index (κ1) is 18.4. The lowest BCUT2D eigenvalue weighted by Crippen LogP contribution is -2.40. The second-order valence-electron chi connectivity index (χ2n) is 6.56. The van der Waals surface area contributed by atoms with Crippen molar-refractivity contribution in [3.05, 3.63) is 35.4 Å². The van der Waals surface area contributed by atoms with Crippen molar-refractivity contribution in [3.8, 4) is 6.07 Å².